The zero-order chi connectivity index (χ0) is 18.2. The van der Waals surface area contributed by atoms with Gasteiger partial charge in [-0.2, -0.15) is 0 Å². The van der Waals surface area contributed by atoms with Gasteiger partial charge >= 0.3 is 0 Å². The molecule has 2 atom stereocenters. The number of ether oxygens (including phenoxy) is 2. The van der Waals surface area contributed by atoms with Crippen LogP contribution in [0.1, 0.15) is 40.5 Å². The van der Waals surface area contributed by atoms with Crippen molar-refractivity contribution >= 4 is 0 Å². The molecule has 4 N–H and O–H groups in total. The molecule has 0 radical (unpaired) electrons. The van der Waals surface area contributed by atoms with Gasteiger partial charge in [-0.05, 0) is 24.7 Å². The number of hydrogen-bond acceptors (Lipinski definition) is 6. The summed E-state index contributed by atoms with van der Waals surface area (Å²) in [7, 11) is 0. The lowest BCUT2D eigenvalue weighted by Gasteiger charge is -2.15. The zero-order valence-electron chi connectivity index (χ0n) is 16.1. The fraction of sp³-hybridized carbons (Fsp3) is 1.00. The molecule has 0 aliphatic heterocycles. The van der Waals surface area contributed by atoms with Crippen LogP contribution in [0, 0.1) is 11.8 Å². The smallest absolute Gasteiger partial charge is 0.0897 e. The molecule has 0 saturated carbocycles. The molecule has 6 heteroatoms. The van der Waals surface area contributed by atoms with Gasteiger partial charge in [0.1, 0.15) is 0 Å². The Morgan fingerprint density at radius 2 is 1.08 bits per heavy atom. The Bertz CT molecular complexity index is 239. The van der Waals surface area contributed by atoms with Gasteiger partial charge in [-0.1, -0.05) is 27.7 Å². The van der Waals surface area contributed by atoms with Gasteiger partial charge in [0.25, 0.3) is 0 Å². The van der Waals surface area contributed by atoms with Gasteiger partial charge in [0.2, 0.25) is 0 Å². The van der Waals surface area contributed by atoms with E-state index in [1.54, 1.807) is 0 Å². The Hall–Kier alpha value is -0.240. The quantitative estimate of drug-likeness (QED) is 0.294. The molecule has 146 valence electrons. The highest BCUT2D eigenvalue weighted by atomic mass is 16.5. The SMILES string of the molecule is CC(C)CCOC[C@@H](O)CNCCNC[C@H](O)COCCC(C)C. The minimum Gasteiger partial charge on any atom is -0.389 e. The summed E-state index contributed by atoms with van der Waals surface area (Å²) in [6.45, 7) is 13.3. The summed E-state index contributed by atoms with van der Waals surface area (Å²) in [6, 6.07) is 0. The van der Waals surface area contributed by atoms with Crippen molar-refractivity contribution in [3.8, 4) is 0 Å². The molecule has 0 aliphatic carbocycles. The average molecular weight is 349 g/mol. The van der Waals surface area contributed by atoms with E-state index < -0.39 is 12.2 Å². The van der Waals surface area contributed by atoms with E-state index >= 15 is 0 Å². The van der Waals surface area contributed by atoms with Crippen molar-refractivity contribution in [3.63, 3.8) is 0 Å². The topological polar surface area (TPSA) is 83.0 Å². The van der Waals surface area contributed by atoms with E-state index in [0.717, 1.165) is 25.9 Å². The first kappa shape index (κ1) is 23.8. The molecule has 0 rings (SSSR count). The predicted molar refractivity (Wildman–Crippen MR) is 98.3 cm³/mol. The van der Waals surface area contributed by atoms with Gasteiger partial charge in [-0.3, -0.25) is 0 Å². The van der Waals surface area contributed by atoms with Crippen LogP contribution in [0.15, 0.2) is 0 Å². The van der Waals surface area contributed by atoms with Gasteiger partial charge < -0.3 is 30.3 Å². The minimum absolute atomic E-state index is 0.375. The maximum Gasteiger partial charge on any atom is 0.0897 e. The number of aliphatic hydroxyl groups is 2. The molecule has 6 nitrogen and oxygen atoms in total. The third-order valence-electron chi connectivity index (χ3n) is 3.54. The van der Waals surface area contributed by atoms with Crippen LogP contribution in [0.25, 0.3) is 0 Å². The van der Waals surface area contributed by atoms with Crippen LogP contribution in [-0.2, 0) is 9.47 Å². The molecule has 24 heavy (non-hydrogen) atoms. The van der Waals surface area contributed by atoms with E-state index in [2.05, 4.69) is 38.3 Å². The van der Waals surface area contributed by atoms with Gasteiger partial charge in [-0.15, -0.1) is 0 Å². The van der Waals surface area contributed by atoms with E-state index in [4.69, 9.17) is 9.47 Å². The van der Waals surface area contributed by atoms with Crippen LogP contribution in [0.2, 0.25) is 0 Å². The Kier molecular flexibility index (Phi) is 16.1. The summed E-state index contributed by atoms with van der Waals surface area (Å²) in [5, 5.41) is 25.8. The maximum absolute atomic E-state index is 9.75. The van der Waals surface area contributed by atoms with Gasteiger partial charge in [0.15, 0.2) is 0 Å². The second kappa shape index (κ2) is 16.2. The van der Waals surface area contributed by atoms with Crippen molar-refractivity contribution in [1.29, 1.82) is 0 Å². The van der Waals surface area contributed by atoms with Crippen molar-refractivity contribution in [1.82, 2.24) is 10.6 Å². The minimum atomic E-state index is -0.475. The molecule has 0 fully saturated rings. The molecule has 0 aromatic heterocycles. The molecule has 0 saturated heterocycles. The molecule has 0 spiro atoms. The van der Waals surface area contributed by atoms with E-state index in [1.807, 2.05) is 0 Å². The zero-order valence-corrected chi connectivity index (χ0v) is 16.1. The molecule has 0 amide bonds. The molecule has 0 aromatic rings. The highest BCUT2D eigenvalue weighted by Crippen LogP contribution is 1.99. The molecular weight excluding hydrogens is 308 g/mol. The summed E-state index contributed by atoms with van der Waals surface area (Å²) in [5.41, 5.74) is 0. The fourth-order valence-corrected chi connectivity index (χ4v) is 1.91. The van der Waals surface area contributed by atoms with Gasteiger partial charge in [0.05, 0.1) is 25.4 Å². The molecule has 0 bridgehead atoms. The first-order valence-corrected chi connectivity index (χ1v) is 9.34. The molecule has 0 aliphatic rings. The van der Waals surface area contributed by atoms with Crippen molar-refractivity contribution in [2.45, 2.75) is 52.7 Å². The highest BCUT2D eigenvalue weighted by Gasteiger charge is 2.05. The molecular formula is C18H40N2O4. The van der Waals surface area contributed by atoms with Crippen molar-refractivity contribution in [2.75, 3.05) is 52.6 Å². The second-order valence-corrected chi connectivity index (χ2v) is 7.23. The number of nitrogens with one attached hydrogen (secondary N) is 2. The highest BCUT2D eigenvalue weighted by molar-refractivity contribution is 4.62. The van der Waals surface area contributed by atoms with Crippen LogP contribution in [0.4, 0.5) is 0 Å². The van der Waals surface area contributed by atoms with Gasteiger partial charge in [0, 0.05) is 39.4 Å². The predicted octanol–water partition coefficient (Wildman–Crippen LogP) is 1.01. The average Bonchev–Trinajstić information content (AvgIpc) is 2.51. The van der Waals surface area contributed by atoms with Gasteiger partial charge in [-0.25, -0.2) is 0 Å². The number of rotatable bonds is 17. The fourth-order valence-electron chi connectivity index (χ4n) is 1.91. The van der Waals surface area contributed by atoms with E-state index in [0.29, 0.717) is 51.4 Å². The standard InChI is InChI=1S/C18H40N2O4/c1-15(2)5-9-23-13-17(21)11-19-7-8-20-12-18(22)14-24-10-6-16(3)4/h15-22H,5-14H2,1-4H3/t17-,18-/m0/s1. The van der Waals surface area contributed by atoms with E-state index in [1.165, 1.54) is 0 Å². The third kappa shape index (κ3) is 18.1. The Morgan fingerprint density at radius 3 is 1.42 bits per heavy atom. The Morgan fingerprint density at radius 1 is 0.708 bits per heavy atom. The van der Waals surface area contributed by atoms with Crippen LogP contribution in [0.5, 0.6) is 0 Å². The van der Waals surface area contributed by atoms with Crippen molar-refractivity contribution in [2.24, 2.45) is 11.8 Å². The van der Waals surface area contributed by atoms with Crippen LogP contribution in [0.3, 0.4) is 0 Å². The summed E-state index contributed by atoms with van der Waals surface area (Å²) in [4.78, 5) is 0. The monoisotopic (exact) mass is 348 g/mol. The maximum atomic E-state index is 9.75. The summed E-state index contributed by atoms with van der Waals surface area (Å²) in [5.74, 6) is 1.25. The Labute approximate surface area is 148 Å². The van der Waals surface area contributed by atoms with Crippen LogP contribution < -0.4 is 10.6 Å². The summed E-state index contributed by atoms with van der Waals surface area (Å²) in [6.07, 6.45) is 1.09. The van der Waals surface area contributed by atoms with Crippen LogP contribution >= 0.6 is 0 Å². The lowest BCUT2D eigenvalue weighted by atomic mass is 10.1. The molecule has 0 heterocycles. The molecule has 0 aromatic carbocycles. The van der Waals surface area contributed by atoms with E-state index in [9.17, 15) is 10.2 Å². The lowest BCUT2D eigenvalue weighted by molar-refractivity contribution is 0.0315. The first-order valence-electron chi connectivity index (χ1n) is 9.34. The van der Waals surface area contributed by atoms with Crippen molar-refractivity contribution in [3.05, 3.63) is 0 Å². The third-order valence-corrected chi connectivity index (χ3v) is 3.54. The summed E-state index contributed by atoms with van der Waals surface area (Å²) < 4.78 is 10.8. The normalized spacial score (nSPS) is 14.5. The second-order valence-electron chi connectivity index (χ2n) is 7.23. The van der Waals surface area contributed by atoms with Crippen molar-refractivity contribution < 1.29 is 19.7 Å². The number of hydrogen-bond donors (Lipinski definition) is 4. The first-order chi connectivity index (χ1) is 11.4. The lowest BCUT2D eigenvalue weighted by Crippen LogP contribution is -2.37. The van der Waals surface area contributed by atoms with Crippen LogP contribution in [-0.4, -0.2) is 75.0 Å². The Balaban J connectivity index is 3.31. The summed E-state index contributed by atoms with van der Waals surface area (Å²) >= 11 is 0. The molecule has 0 unspecified atom stereocenters. The van der Waals surface area contributed by atoms with E-state index in [-0.39, 0.29) is 0 Å². The largest absolute Gasteiger partial charge is 0.389 e. The number of aliphatic hydroxyl groups excluding tert-OH is 2.